The normalized spacial score (nSPS) is 11.9. The van der Waals surface area contributed by atoms with Gasteiger partial charge in [-0.1, -0.05) is 0 Å². The summed E-state index contributed by atoms with van der Waals surface area (Å²) in [6.45, 7) is 3.80. The maximum atomic E-state index is 12.2. The largest absolute Gasteiger partial charge is 0.343 e. The zero-order chi connectivity index (χ0) is 13.8. The van der Waals surface area contributed by atoms with Crippen LogP contribution in [-0.4, -0.2) is 10.9 Å². The number of benzene rings is 1. The number of aryl methyl sites for hydroxylation is 1. The Morgan fingerprint density at radius 2 is 2.26 bits per heavy atom. The van der Waals surface area contributed by atoms with Crippen molar-refractivity contribution < 1.29 is 4.79 Å². The highest BCUT2D eigenvalue weighted by Gasteiger charge is 2.14. The molecule has 100 valence electrons. The molecule has 0 aliphatic carbocycles. The number of amides is 1. The minimum Gasteiger partial charge on any atom is -0.343 e. The molecule has 2 aromatic rings. The van der Waals surface area contributed by atoms with Crippen molar-refractivity contribution in [1.29, 1.82) is 0 Å². The van der Waals surface area contributed by atoms with Crippen molar-refractivity contribution in [2.45, 2.75) is 19.9 Å². The number of hydrogen-bond donors (Lipinski definition) is 3. The first-order valence-electron chi connectivity index (χ1n) is 5.89. The molecule has 1 atom stereocenters. The van der Waals surface area contributed by atoms with Crippen molar-refractivity contribution in [3.63, 3.8) is 0 Å². The average molecular weight is 276 g/mol. The number of thiazole rings is 1. The monoisotopic (exact) mass is 276 g/mol. The summed E-state index contributed by atoms with van der Waals surface area (Å²) in [6.07, 6.45) is 1.73. The summed E-state index contributed by atoms with van der Waals surface area (Å²) in [5.74, 6) is 5.22. The van der Waals surface area contributed by atoms with Crippen molar-refractivity contribution in [2.75, 3.05) is 5.43 Å². The fourth-order valence-electron chi connectivity index (χ4n) is 1.79. The lowest BCUT2D eigenvalue weighted by Crippen LogP contribution is -2.27. The number of nitrogens with zero attached hydrogens (tertiary/aromatic N) is 1. The van der Waals surface area contributed by atoms with Crippen LogP contribution >= 0.6 is 11.3 Å². The number of nitrogen functional groups attached to an aromatic ring is 1. The van der Waals surface area contributed by atoms with Gasteiger partial charge in [0.05, 0.1) is 6.04 Å². The van der Waals surface area contributed by atoms with Gasteiger partial charge in [-0.3, -0.25) is 10.6 Å². The lowest BCUT2D eigenvalue weighted by atomic mass is 10.1. The van der Waals surface area contributed by atoms with Crippen molar-refractivity contribution in [2.24, 2.45) is 5.84 Å². The number of carbonyl (C=O) groups excluding carboxylic acids is 1. The molecule has 0 saturated carbocycles. The summed E-state index contributed by atoms with van der Waals surface area (Å²) >= 11 is 1.53. The summed E-state index contributed by atoms with van der Waals surface area (Å²) < 4.78 is 0. The Bertz CT molecular complexity index is 568. The summed E-state index contributed by atoms with van der Waals surface area (Å²) in [6, 6.07) is 5.27. The number of nitrogens with one attached hydrogen (secondary N) is 2. The number of rotatable bonds is 4. The smallest absolute Gasteiger partial charge is 0.252 e. The Morgan fingerprint density at radius 1 is 1.47 bits per heavy atom. The topological polar surface area (TPSA) is 80.0 Å². The van der Waals surface area contributed by atoms with E-state index in [1.807, 2.05) is 25.3 Å². The first-order valence-corrected chi connectivity index (χ1v) is 6.77. The van der Waals surface area contributed by atoms with Gasteiger partial charge in [-0.25, -0.2) is 4.98 Å². The van der Waals surface area contributed by atoms with Crippen molar-refractivity contribution in [3.8, 4) is 0 Å². The second kappa shape index (κ2) is 5.81. The number of anilines is 1. The molecule has 2 rings (SSSR count). The average Bonchev–Trinajstić information content (AvgIpc) is 2.92. The van der Waals surface area contributed by atoms with Gasteiger partial charge in [-0.05, 0) is 37.6 Å². The van der Waals surface area contributed by atoms with Crippen LogP contribution in [0, 0.1) is 6.92 Å². The summed E-state index contributed by atoms with van der Waals surface area (Å²) in [4.78, 5) is 16.4. The third-order valence-corrected chi connectivity index (χ3v) is 3.77. The van der Waals surface area contributed by atoms with Crippen LogP contribution in [0.2, 0.25) is 0 Å². The van der Waals surface area contributed by atoms with Crippen LogP contribution in [0.1, 0.15) is 33.9 Å². The van der Waals surface area contributed by atoms with Gasteiger partial charge in [0.15, 0.2) is 0 Å². The van der Waals surface area contributed by atoms with Crippen molar-refractivity contribution >= 4 is 22.9 Å². The Labute approximate surface area is 115 Å². The predicted octanol–water partition coefficient (Wildman–Crippen LogP) is 2.23. The van der Waals surface area contributed by atoms with E-state index in [0.29, 0.717) is 5.56 Å². The SMILES string of the molecule is Cc1cc(NN)ccc1C(=O)NC(C)c1nccs1. The van der Waals surface area contributed by atoms with Gasteiger partial charge in [-0.2, -0.15) is 0 Å². The molecule has 0 radical (unpaired) electrons. The number of aromatic nitrogens is 1. The molecule has 6 heteroatoms. The zero-order valence-electron chi connectivity index (χ0n) is 10.8. The third-order valence-electron chi connectivity index (χ3n) is 2.81. The Balaban J connectivity index is 2.12. The molecule has 0 saturated heterocycles. The molecule has 0 spiro atoms. The predicted molar refractivity (Wildman–Crippen MR) is 77.0 cm³/mol. The Morgan fingerprint density at radius 3 is 2.84 bits per heavy atom. The van der Waals surface area contributed by atoms with Crippen LogP contribution in [-0.2, 0) is 0 Å². The lowest BCUT2D eigenvalue weighted by molar-refractivity contribution is 0.0939. The van der Waals surface area contributed by atoms with E-state index in [-0.39, 0.29) is 11.9 Å². The summed E-state index contributed by atoms with van der Waals surface area (Å²) in [5.41, 5.74) is 4.85. The fourth-order valence-corrected chi connectivity index (χ4v) is 2.44. The van der Waals surface area contributed by atoms with E-state index in [1.165, 1.54) is 11.3 Å². The second-order valence-corrected chi connectivity index (χ2v) is 5.17. The van der Waals surface area contributed by atoms with E-state index in [2.05, 4.69) is 15.7 Å². The summed E-state index contributed by atoms with van der Waals surface area (Å²) in [5, 5.41) is 5.72. The van der Waals surface area contributed by atoms with E-state index in [4.69, 9.17) is 5.84 Å². The van der Waals surface area contributed by atoms with Crippen molar-refractivity contribution in [1.82, 2.24) is 10.3 Å². The minimum absolute atomic E-state index is 0.0980. The molecule has 0 bridgehead atoms. The van der Waals surface area contributed by atoms with Crippen LogP contribution in [0.25, 0.3) is 0 Å². The summed E-state index contributed by atoms with van der Waals surface area (Å²) in [7, 11) is 0. The van der Waals surface area contributed by atoms with Gasteiger partial charge < -0.3 is 10.7 Å². The Kier molecular flexibility index (Phi) is 4.13. The van der Waals surface area contributed by atoms with Gasteiger partial charge in [0.25, 0.3) is 5.91 Å². The lowest BCUT2D eigenvalue weighted by Gasteiger charge is -2.13. The van der Waals surface area contributed by atoms with E-state index < -0.39 is 0 Å². The van der Waals surface area contributed by atoms with Gasteiger partial charge in [-0.15, -0.1) is 11.3 Å². The molecule has 5 nitrogen and oxygen atoms in total. The highest BCUT2D eigenvalue weighted by atomic mass is 32.1. The molecule has 1 aromatic carbocycles. The molecular weight excluding hydrogens is 260 g/mol. The van der Waals surface area contributed by atoms with Gasteiger partial charge in [0.2, 0.25) is 0 Å². The van der Waals surface area contributed by atoms with Crippen LogP contribution in [0.5, 0.6) is 0 Å². The molecular formula is C13H16N4OS. The first kappa shape index (κ1) is 13.5. The Hall–Kier alpha value is -1.92. The van der Waals surface area contributed by atoms with E-state index in [0.717, 1.165) is 16.3 Å². The quantitative estimate of drug-likeness (QED) is 0.591. The van der Waals surface area contributed by atoms with Crippen LogP contribution in [0.15, 0.2) is 29.8 Å². The number of hydrogen-bond acceptors (Lipinski definition) is 5. The van der Waals surface area contributed by atoms with Crippen LogP contribution in [0.4, 0.5) is 5.69 Å². The second-order valence-electron chi connectivity index (χ2n) is 4.24. The van der Waals surface area contributed by atoms with E-state index in [9.17, 15) is 4.79 Å². The molecule has 0 aliphatic rings. The molecule has 1 heterocycles. The van der Waals surface area contributed by atoms with Crippen LogP contribution < -0.4 is 16.6 Å². The minimum atomic E-state index is -0.108. The third kappa shape index (κ3) is 3.10. The van der Waals surface area contributed by atoms with E-state index >= 15 is 0 Å². The maximum absolute atomic E-state index is 12.2. The number of hydrazine groups is 1. The molecule has 0 fully saturated rings. The number of carbonyl (C=O) groups is 1. The van der Waals surface area contributed by atoms with Crippen molar-refractivity contribution in [3.05, 3.63) is 45.9 Å². The molecule has 19 heavy (non-hydrogen) atoms. The maximum Gasteiger partial charge on any atom is 0.252 e. The molecule has 1 aromatic heterocycles. The van der Waals surface area contributed by atoms with Crippen LogP contribution in [0.3, 0.4) is 0 Å². The highest BCUT2D eigenvalue weighted by Crippen LogP contribution is 2.18. The molecule has 1 amide bonds. The zero-order valence-corrected chi connectivity index (χ0v) is 11.6. The van der Waals surface area contributed by atoms with Gasteiger partial charge in [0, 0.05) is 22.8 Å². The first-order chi connectivity index (χ1) is 9.11. The molecule has 0 aliphatic heterocycles. The fraction of sp³-hybridized carbons (Fsp3) is 0.231. The molecule has 4 N–H and O–H groups in total. The number of nitrogens with two attached hydrogens (primary N) is 1. The van der Waals surface area contributed by atoms with E-state index in [1.54, 1.807) is 18.3 Å². The van der Waals surface area contributed by atoms with Gasteiger partial charge >= 0.3 is 0 Å². The molecule has 1 unspecified atom stereocenters. The van der Waals surface area contributed by atoms with Gasteiger partial charge in [0.1, 0.15) is 5.01 Å². The highest BCUT2D eigenvalue weighted by molar-refractivity contribution is 7.09. The standard InChI is InChI=1S/C13H16N4OS/c1-8-7-10(17-14)3-4-11(8)12(18)16-9(2)13-15-5-6-19-13/h3-7,9,17H,14H2,1-2H3,(H,16,18).